The molecule has 0 aliphatic heterocycles. The zero-order chi connectivity index (χ0) is 11.7. The van der Waals surface area contributed by atoms with Gasteiger partial charge in [0.15, 0.2) is 0 Å². The summed E-state index contributed by atoms with van der Waals surface area (Å²) in [4.78, 5) is 1.59. The van der Waals surface area contributed by atoms with Gasteiger partial charge in [-0.05, 0) is 6.42 Å². The number of hydrogen-bond acceptors (Lipinski definition) is 6. The molecule has 0 spiro atoms. The fourth-order valence-corrected chi connectivity index (χ4v) is 1.42. The van der Waals surface area contributed by atoms with Crippen LogP contribution in [-0.4, -0.2) is 82.1 Å². The molecule has 5 N–H and O–H groups in total. The van der Waals surface area contributed by atoms with Crippen molar-refractivity contribution in [1.29, 1.82) is 0 Å². The summed E-state index contributed by atoms with van der Waals surface area (Å²) in [5.41, 5.74) is -1.13. The van der Waals surface area contributed by atoms with Crippen molar-refractivity contribution in [3.63, 3.8) is 0 Å². The zero-order valence-corrected chi connectivity index (χ0v) is 8.84. The van der Waals surface area contributed by atoms with E-state index in [1.807, 2.05) is 0 Å². The number of aliphatic hydroxyl groups excluding tert-OH is 5. The molecule has 0 unspecified atom stereocenters. The lowest BCUT2D eigenvalue weighted by atomic mass is 10.00. The monoisotopic (exact) mass is 223 g/mol. The standard InChI is InChI=1S/C9H21NO5/c11-4-1-2-10(3-5-12)9(6-13,7-14)8-15/h11-15H,1-8H2. The normalized spacial score (nSPS) is 12.4. The number of β-amino-alcohol motifs (C(OH)–C–C–N with tert-alkyl or cyclic N) is 1. The van der Waals surface area contributed by atoms with Gasteiger partial charge in [0.2, 0.25) is 0 Å². The van der Waals surface area contributed by atoms with E-state index in [-0.39, 0.29) is 19.8 Å². The molecule has 0 aliphatic carbocycles. The van der Waals surface area contributed by atoms with Crippen LogP contribution in [0.1, 0.15) is 6.42 Å². The molecule has 0 atom stereocenters. The molecule has 0 rings (SSSR count). The second-order valence-corrected chi connectivity index (χ2v) is 3.49. The first kappa shape index (κ1) is 14.8. The zero-order valence-electron chi connectivity index (χ0n) is 8.84. The van der Waals surface area contributed by atoms with Crippen LogP contribution in [0.15, 0.2) is 0 Å². The first-order chi connectivity index (χ1) is 7.20. The second-order valence-electron chi connectivity index (χ2n) is 3.49. The minimum absolute atomic E-state index is 0.0136. The Balaban J connectivity index is 4.50. The predicted octanol–water partition coefficient (Wildman–Crippen LogP) is -2.62. The first-order valence-electron chi connectivity index (χ1n) is 5.00. The quantitative estimate of drug-likeness (QED) is 0.293. The predicted molar refractivity (Wildman–Crippen MR) is 54.4 cm³/mol. The van der Waals surface area contributed by atoms with Gasteiger partial charge < -0.3 is 25.5 Å². The van der Waals surface area contributed by atoms with Gasteiger partial charge >= 0.3 is 0 Å². The van der Waals surface area contributed by atoms with Gasteiger partial charge in [0.05, 0.1) is 32.0 Å². The summed E-state index contributed by atoms with van der Waals surface area (Å²) in [6.07, 6.45) is 0.460. The van der Waals surface area contributed by atoms with Crippen LogP contribution in [-0.2, 0) is 0 Å². The van der Waals surface area contributed by atoms with E-state index in [1.165, 1.54) is 0 Å². The fraction of sp³-hybridized carbons (Fsp3) is 1.00. The lowest BCUT2D eigenvalue weighted by molar-refractivity contribution is -0.0546. The van der Waals surface area contributed by atoms with Gasteiger partial charge in [-0.3, -0.25) is 4.90 Å². The Bertz CT molecular complexity index is 143. The van der Waals surface area contributed by atoms with Gasteiger partial charge in [-0.25, -0.2) is 0 Å². The lowest BCUT2D eigenvalue weighted by Gasteiger charge is -2.39. The molecule has 0 radical (unpaired) electrons. The van der Waals surface area contributed by atoms with E-state index in [0.717, 1.165) is 0 Å². The SMILES string of the molecule is OCCCN(CCO)C(CO)(CO)CO. The Labute approximate surface area is 89.4 Å². The molecule has 0 aromatic carbocycles. The molecule has 0 aromatic heterocycles. The van der Waals surface area contributed by atoms with Crippen molar-refractivity contribution in [3.05, 3.63) is 0 Å². The van der Waals surface area contributed by atoms with Crippen molar-refractivity contribution in [2.75, 3.05) is 46.1 Å². The van der Waals surface area contributed by atoms with Crippen LogP contribution in [0.5, 0.6) is 0 Å². The number of nitrogens with zero attached hydrogens (tertiary/aromatic N) is 1. The van der Waals surface area contributed by atoms with Gasteiger partial charge in [-0.15, -0.1) is 0 Å². The molecule has 0 bridgehead atoms. The maximum Gasteiger partial charge on any atom is 0.0907 e. The summed E-state index contributed by atoms with van der Waals surface area (Å²) in [6.45, 7) is -0.698. The van der Waals surface area contributed by atoms with Gasteiger partial charge in [-0.2, -0.15) is 0 Å². The first-order valence-corrected chi connectivity index (χ1v) is 5.00. The van der Waals surface area contributed by atoms with Crippen molar-refractivity contribution in [2.45, 2.75) is 12.0 Å². The Kier molecular flexibility index (Phi) is 7.85. The highest BCUT2D eigenvalue weighted by atomic mass is 16.3. The Morgan fingerprint density at radius 3 is 1.60 bits per heavy atom. The lowest BCUT2D eigenvalue weighted by Crippen LogP contribution is -2.58. The third-order valence-corrected chi connectivity index (χ3v) is 2.51. The van der Waals surface area contributed by atoms with Crippen LogP contribution in [0.4, 0.5) is 0 Å². The third-order valence-electron chi connectivity index (χ3n) is 2.51. The number of hydrogen-bond donors (Lipinski definition) is 5. The minimum Gasteiger partial charge on any atom is -0.396 e. The van der Waals surface area contributed by atoms with Crippen LogP contribution >= 0.6 is 0 Å². The average molecular weight is 223 g/mol. The van der Waals surface area contributed by atoms with Gasteiger partial charge in [-0.1, -0.05) is 0 Å². The molecule has 0 saturated carbocycles. The molecule has 0 heterocycles. The van der Waals surface area contributed by atoms with E-state index < -0.39 is 25.4 Å². The maximum absolute atomic E-state index is 9.17. The summed E-state index contributed by atoms with van der Waals surface area (Å²) < 4.78 is 0. The summed E-state index contributed by atoms with van der Waals surface area (Å²) in [7, 11) is 0. The largest absolute Gasteiger partial charge is 0.396 e. The fourth-order valence-electron chi connectivity index (χ4n) is 1.42. The van der Waals surface area contributed by atoms with Gasteiger partial charge in [0.25, 0.3) is 0 Å². The molecule has 0 aliphatic rings. The summed E-state index contributed by atoms with van der Waals surface area (Å²) in [5, 5.41) is 45.0. The highest BCUT2D eigenvalue weighted by Crippen LogP contribution is 2.14. The molecule has 0 amide bonds. The van der Waals surface area contributed by atoms with Crippen molar-refractivity contribution < 1.29 is 25.5 Å². The van der Waals surface area contributed by atoms with Crippen LogP contribution < -0.4 is 0 Å². The molecular formula is C9H21NO5. The molecule has 15 heavy (non-hydrogen) atoms. The molecule has 6 nitrogen and oxygen atoms in total. The van der Waals surface area contributed by atoms with E-state index >= 15 is 0 Å². The van der Waals surface area contributed by atoms with E-state index in [1.54, 1.807) is 4.90 Å². The van der Waals surface area contributed by atoms with E-state index in [0.29, 0.717) is 13.0 Å². The molecule has 6 heteroatoms. The van der Waals surface area contributed by atoms with Gasteiger partial charge in [0.1, 0.15) is 0 Å². The average Bonchev–Trinajstić information content (AvgIpc) is 2.28. The third kappa shape index (κ3) is 4.02. The van der Waals surface area contributed by atoms with Crippen LogP contribution in [0.3, 0.4) is 0 Å². The van der Waals surface area contributed by atoms with Crippen LogP contribution in [0.2, 0.25) is 0 Å². The second kappa shape index (κ2) is 7.98. The van der Waals surface area contributed by atoms with Crippen molar-refractivity contribution in [1.82, 2.24) is 4.90 Å². The Morgan fingerprint density at radius 2 is 1.27 bits per heavy atom. The van der Waals surface area contributed by atoms with Crippen molar-refractivity contribution >= 4 is 0 Å². The minimum atomic E-state index is -1.13. The number of rotatable bonds is 9. The Hall–Kier alpha value is -0.240. The molecular weight excluding hydrogens is 202 g/mol. The maximum atomic E-state index is 9.17. The topological polar surface area (TPSA) is 104 Å². The van der Waals surface area contributed by atoms with Crippen molar-refractivity contribution in [2.24, 2.45) is 0 Å². The number of aliphatic hydroxyl groups is 5. The molecule has 0 saturated heterocycles. The highest BCUT2D eigenvalue weighted by molar-refractivity contribution is 4.89. The summed E-state index contributed by atoms with van der Waals surface area (Å²) in [5.74, 6) is 0. The van der Waals surface area contributed by atoms with E-state index in [9.17, 15) is 0 Å². The van der Waals surface area contributed by atoms with Gasteiger partial charge in [0, 0.05) is 19.7 Å². The summed E-state index contributed by atoms with van der Waals surface area (Å²) >= 11 is 0. The molecule has 0 fully saturated rings. The van der Waals surface area contributed by atoms with Crippen LogP contribution in [0.25, 0.3) is 0 Å². The van der Waals surface area contributed by atoms with Crippen molar-refractivity contribution in [3.8, 4) is 0 Å². The molecule has 92 valence electrons. The van der Waals surface area contributed by atoms with Crippen LogP contribution in [0, 0.1) is 0 Å². The molecule has 0 aromatic rings. The van der Waals surface area contributed by atoms with E-state index in [4.69, 9.17) is 25.5 Å². The Morgan fingerprint density at radius 1 is 0.733 bits per heavy atom. The van der Waals surface area contributed by atoms with E-state index in [2.05, 4.69) is 0 Å². The highest BCUT2D eigenvalue weighted by Gasteiger charge is 2.34. The smallest absolute Gasteiger partial charge is 0.0907 e. The summed E-state index contributed by atoms with van der Waals surface area (Å²) in [6, 6.07) is 0.